The molecule has 1 aromatic rings. The SMILES string of the molecule is COc1cc(CN)ccc1OCCOCCC(C)C. The maximum atomic E-state index is 5.64. The number of rotatable bonds is 9. The molecule has 0 radical (unpaired) electrons. The lowest BCUT2D eigenvalue weighted by Crippen LogP contribution is -2.09. The summed E-state index contributed by atoms with van der Waals surface area (Å²) >= 11 is 0. The van der Waals surface area contributed by atoms with Crippen molar-refractivity contribution in [2.45, 2.75) is 26.8 Å². The molecule has 1 rings (SSSR count). The van der Waals surface area contributed by atoms with Crippen molar-refractivity contribution in [3.63, 3.8) is 0 Å². The molecule has 0 aliphatic carbocycles. The van der Waals surface area contributed by atoms with Gasteiger partial charge in [0.15, 0.2) is 11.5 Å². The number of hydrogen-bond donors (Lipinski definition) is 1. The van der Waals surface area contributed by atoms with Crippen LogP contribution in [0.4, 0.5) is 0 Å². The molecule has 0 fully saturated rings. The zero-order chi connectivity index (χ0) is 14.1. The van der Waals surface area contributed by atoms with Crippen LogP contribution in [0, 0.1) is 5.92 Å². The van der Waals surface area contributed by atoms with E-state index in [1.165, 1.54) is 0 Å². The second-order valence-corrected chi connectivity index (χ2v) is 4.83. The second kappa shape index (κ2) is 8.77. The van der Waals surface area contributed by atoms with Gasteiger partial charge in [-0.2, -0.15) is 0 Å². The van der Waals surface area contributed by atoms with Crippen LogP contribution in [-0.4, -0.2) is 26.9 Å². The molecule has 0 aromatic heterocycles. The number of ether oxygens (including phenoxy) is 3. The van der Waals surface area contributed by atoms with Crippen LogP contribution in [0.25, 0.3) is 0 Å². The topological polar surface area (TPSA) is 53.7 Å². The average Bonchev–Trinajstić information content (AvgIpc) is 2.42. The lowest BCUT2D eigenvalue weighted by atomic mass is 10.1. The maximum Gasteiger partial charge on any atom is 0.161 e. The molecule has 0 amide bonds. The van der Waals surface area contributed by atoms with E-state index < -0.39 is 0 Å². The quantitative estimate of drug-likeness (QED) is 0.699. The maximum absolute atomic E-state index is 5.64. The van der Waals surface area contributed by atoms with Gasteiger partial charge < -0.3 is 19.9 Å². The van der Waals surface area contributed by atoms with E-state index in [0.717, 1.165) is 24.3 Å². The molecular formula is C15H25NO3. The molecule has 4 nitrogen and oxygen atoms in total. The Kier molecular flexibility index (Phi) is 7.30. The number of hydrogen-bond acceptors (Lipinski definition) is 4. The van der Waals surface area contributed by atoms with Gasteiger partial charge in [0.25, 0.3) is 0 Å². The molecule has 4 heteroatoms. The zero-order valence-electron chi connectivity index (χ0n) is 12.1. The summed E-state index contributed by atoms with van der Waals surface area (Å²) in [4.78, 5) is 0. The summed E-state index contributed by atoms with van der Waals surface area (Å²) in [6, 6.07) is 5.72. The minimum absolute atomic E-state index is 0.495. The van der Waals surface area contributed by atoms with Crippen molar-refractivity contribution in [2.24, 2.45) is 11.7 Å². The van der Waals surface area contributed by atoms with E-state index >= 15 is 0 Å². The van der Waals surface area contributed by atoms with Gasteiger partial charge in [-0.3, -0.25) is 0 Å². The highest BCUT2D eigenvalue weighted by molar-refractivity contribution is 5.42. The first-order chi connectivity index (χ1) is 9.17. The minimum Gasteiger partial charge on any atom is -0.493 e. The minimum atomic E-state index is 0.495. The summed E-state index contributed by atoms with van der Waals surface area (Å²) in [6.07, 6.45) is 1.08. The van der Waals surface area contributed by atoms with Crippen molar-refractivity contribution < 1.29 is 14.2 Å². The number of benzene rings is 1. The van der Waals surface area contributed by atoms with E-state index in [9.17, 15) is 0 Å². The third kappa shape index (κ3) is 5.94. The molecule has 0 aliphatic heterocycles. The third-order valence-electron chi connectivity index (χ3n) is 2.79. The Labute approximate surface area is 115 Å². The first-order valence-electron chi connectivity index (χ1n) is 6.75. The highest BCUT2D eigenvalue weighted by Crippen LogP contribution is 2.27. The van der Waals surface area contributed by atoms with Crippen LogP contribution in [0.5, 0.6) is 11.5 Å². The number of nitrogens with two attached hydrogens (primary N) is 1. The Morgan fingerprint density at radius 3 is 2.53 bits per heavy atom. The van der Waals surface area contributed by atoms with Crippen LogP contribution in [0.2, 0.25) is 0 Å². The largest absolute Gasteiger partial charge is 0.493 e. The zero-order valence-corrected chi connectivity index (χ0v) is 12.1. The van der Waals surface area contributed by atoms with Gasteiger partial charge in [-0.25, -0.2) is 0 Å². The lowest BCUT2D eigenvalue weighted by molar-refractivity contribution is 0.0916. The Morgan fingerprint density at radius 2 is 1.89 bits per heavy atom. The average molecular weight is 267 g/mol. The van der Waals surface area contributed by atoms with Crippen LogP contribution in [0.1, 0.15) is 25.8 Å². The van der Waals surface area contributed by atoms with Gasteiger partial charge in [-0.1, -0.05) is 19.9 Å². The van der Waals surface area contributed by atoms with Crippen LogP contribution in [0.3, 0.4) is 0 Å². The summed E-state index contributed by atoms with van der Waals surface area (Å²) in [5.74, 6) is 2.11. The molecule has 0 spiro atoms. The lowest BCUT2D eigenvalue weighted by Gasteiger charge is -2.12. The van der Waals surface area contributed by atoms with Crippen molar-refractivity contribution in [3.05, 3.63) is 23.8 Å². The normalized spacial score (nSPS) is 10.8. The Morgan fingerprint density at radius 1 is 1.11 bits per heavy atom. The second-order valence-electron chi connectivity index (χ2n) is 4.83. The monoisotopic (exact) mass is 267 g/mol. The molecule has 1 aromatic carbocycles. The highest BCUT2D eigenvalue weighted by atomic mass is 16.5. The first kappa shape index (κ1) is 15.8. The van der Waals surface area contributed by atoms with Crippen LogP contribution < -0.4 is 15.2 Å². The van der Waals surface area contributed by atoms with Crippen molar-refractivity contribution in [1.82, 2.24) is 0 Å². The summed E-state index contributed by atoms with van der Waals surface area (Å²) in [5, 5.41) is 0. The Bertz CT molecular complexity index is 366. The van der Waals surface area contributed by atoms with E-state index in [1.54, 1.807) is 7.11 Å². The summed E-state index contributed by atoms with van der Waals surface area (Å²) in [5.41, 5.74) is 6.61. The fourth-order valence-electron chi connectivity index (χ4n) is 1.59. The smallest absolute Gasteiger partial charge is 0.161 e. The third-order valence-corrected chi connectivity index (χ3v) is 2.79. The van der Waals surface area contributed by atoms with E-state index in [-0.39, 0.29) is 0 Å². The van der Waals surface area contributed by atoms with Crippen LogP contribution in [0.15, 0.2) is 18.2 Å². The van der Waals surface area contributed by atoms with E-state index in [1.807, 2.05) is 18.2 Å². The standard InChI is InChI=1S/C15H25NO3/c1-12(2)6-7-18-8-9-19-14-5-4-13(11-16)10-15(14)17-3/h4-5,10,12H,6-9,11,16H2,1-3H3. The van der Waals surface area contributed by atoms with Gasteiger partial charge in [-0.05, 0) is 30.0 Å². The number of methoxy groups -OCH3 is 1. The molecule has 0 saturated carbocycles. The summed E-state index contributed by atoms with van der Waals surface area (Å²) in [7, 11) is 1.63. The predicted molar refractivity (Wildman–Crippen MR) is 76.7 cm³/mol. The van der Waals surface area contributed by atoms with Crippen molar-refractivity contribution in [3.8, 4) is 11.5 Å². The molecule has 0 bridgehead atoms. The molecule has 0 saturated heterocycles. The van der Waals surface area contributed by atoms with E-state index in [4.69, 9.17) is 19.9 Å². The molecule has 108 valence electrons. The van der Waals surface area contributed by atoms with Gasteiger partial charge in [-0.15, -0.1) is 0 Å². The van der Waals surface area contributed by atoms with Gasteiger partial charge >= 0.3 is 0 Å². The van der Waals surface area contributed by atoms with E-state index in [0.29, 0.717) is 31.4 Å². The summed E-state index contributed by atoms with van der Waals surface area (Å²) in [6.45, 7) is 6.76. The Hall–Kier alpha value is -1.26. The van der Waals surface area contributed by atoms with Crippen molar-refractivity contribution in [1.29, 1.82) is 0 Å². The molecule has 0 aliphatic rings. The van der Waals surface area contributed by atoms with E-state index in [2.05, 4.69) is 13.8 Å². The molecule has 2 N–H and O–H groups in total. The van der Waals surface area contributed by atoms with Crippen molar-refractivity contribution in [2.75, 3.05) is 26.9 Å². The van der Waals surface area contributed by atoms with Crippen LogP contribution in [-0.2, 0) is 11.3 Å². The van der Waals surface area contributed by atoms with Crippen LogP contribution >= 0.6 is 0 Å². The van der Waals surface area contributed by atoms with Gasteiger partial charge in [0, 0.05) is 13.2 Å². The highest BCUT2D eigenvalue weighted by Gasteiger charge is 2.05. The fraction of sp³-hybridized carbons (Fsp3) is 0.600. The summed E-state index contributed by atoms with van der Waals surface area (Å²) < 4.78 is 16.4. The van der Waals surface area contributed by atoms with Gasteiger partial charge in [0.05, 0.1) is 13.7 Å². The van der Waals surface area contributed by atoms with Gasteiger partial charge in [0.1, 0.15) is 6.61 Å². The predicted octanol–water partition coefficient (Wildman–Crippen LogP) is 2.60. The Balaban J connectivity index is 2.32. The molecule has 0 heterocycles. The molecular weight excluding hydrogens is 242 g/mol. The molecule has 19 heavy (non-hydrogen) atoms. The van der Waals surface area contributed by atoms with Crippen molar-refractivity contribution >= 4 is 0 Å². The first-order valence-corrected chi connectivity index (χ1v) is 6.75. The van der Waals surface area contributed by atoms with Gasteiger partial charge in [0.2, 0.25) is 0 Å². The molecule has 0 unspecified atom stereocenters. The fourth-order valence-corrected chi connectivity index (χ4v) is 1.59. The molecule has 0 atom stereocenters.